The number of carbonyl (C=O) groups is 2. The Kier molecular flexibility index (Phi) is 5.06. The average Bonchev–Trinajstić information content (AvgIpc) is 2.73. The van der Waals surface area contributed by atoms with Crippen molar-refractivity contribution in [3.8, 4) is 0 Å². The van der Waals surface area contributed by atoms with Gasteiger partial charge in [-0.05, 0) is 18.6 Å². The molecule has 0 N–H and O–H groups in total. The average molecular weight is 284 g/mol. The molecule has 0 aliphatic carbocycles. The summed E-state index contributed by atoms with van der Waals surface area (Å²) in [5.41, 5.74) is 1.02. The van der Waals surface area contributed by atoms with Crippen molar-refractivity contribution in [2.24, 2.45) is 0 Å². The van der Waals surface area contributed by atoms with Crippen molar-refractivity contribution < 1.29 is 9.59 Å². The number of imide groups is 1. The van der Waals surface area contributed by atoms with E-state index in [1.165, 1.54) is 4.90 Å². The van der Waals surface area contributed by atoms with E-state index in [1.807, 2.05) is 12.2 Å². The van der Waals surface area contributed by atoms with Crippen molar-refractivity contribution in [1.82, 2.24) is 9.80 Å². The zero-order chi connectivity index (χ0) is 15.2. The van der Waals surface area contributed by atoms with Gasteiger partial charge in [0.25, 0.3) is 11.8 Å². The molecule has 0 fully saturated rings. The van der Waals surface area contributed by atoms with Crippen LogP contribution in [0.15, 0.2) is 49.6 Å². The Morgan fingerprint density at radius 1 is 1.00 bits per heavy atom. The molecule has 2 rings (SSSR count). The minimum atomic E-state index is -0.186. The van der Waals surface area contributed by atoms with Crippen LogP contribution in [-0.2, 0) is 0 Å². The zero-order valence-corrected chi connectivity index (χ0v) is 12.1. The van der Waals surface area contributed by atoms with Gasteiger partial charge in [-0.25, -0.2) is 0 Å². The van der Waals surface area contributed by atoms with E-state index in [0.29, 0.717) is 17.7 Å². The first-order chi connectivity index (χ1) is 10.2. The number of benzene rings is 1. The van der Waals surface area contributed by atoms with Crippen molar-refractivity contribution in [3.63, 3.8) is 0 Å². The maximum Gasteiger partial charge on any atom is 0.261 e. The van der Waals surface area contributed by atoms with Crippen LogP contribution in [-0.4, -0.2) is 47.8 Å². The summed E-state index contributed by atoms with van der Waals surface area (Å²) in [6.07, 6.45) is 4.42. The normalized spacial score (nSPS) is 13.7. The highest BCUT2D eigenvalue weighted by atomic mass is 16.2. The number of nitrogens with zero attached hydrogens (tertiary/aromatic N) is 2. The van der Waals surface area contributed by atoms with Crippen molar-refractivity contribution in [3.05, 3.63) is 60.7 Å². The van der Waals surface area contributed by atoms with Gasteiger partial charge in [-0.2, -0.15) is 0 Å². The third kappa shape index (κ3) is 3.28. The Morgan fingerprint density at radius 3 is 2.00 bits per heavy atom. The molecule has 1 aliphatic rings. The van der Waals surface area contributed by atoms with Gasteiger partial charge in [-0.3, -0.25) is 19.4 Å². The first-order valence-corrected chi connectivity index (χ1v) is 7.08. The fraction of sp³-hybridized carbons (Fsp3) is 0.294. The fourth-order valence-corrected chi connectivity index (χ4v) is 2.52. The Hall–Kier alpha value is -2.20. The zero-order valence-electron chi connectivity index (χ0n) is 12.1. The SMILES string of the molecule is C=CCN(CC=C)CCCN1C(=O)c2ccccc2C1=O. The van der Waals surface area contributed by atoms with Gasteiger partial charge in [-0.15, -0.1) is 13.2 Å². The van der Waals surface area contributed by atoms with Crippen molar-refractivity contribution in [1.29, 1.82) is 0 Å². The van der Waals surface area contributed by atoms with Crippen LogP contribution in [0.4, 0.5) is 0 Å². The summed E-state index contributed by atoms with van der Waals surface area (Å²) in [6, 6.07) is 6.97. The lowest BCUT2D eigenvalue weighted by atomic mass is 10.1. The monoisotopic (exact) mass is 284 g/mol. The number of carbonyl (C=O) groups excluding carboxylic acids is 2. The summed E-state index contributed by atoms with van der Waals surface area (Å²) in [4.78, 5) is 27.9. The third-order valence-corrected chi connectivity index (χ3v) is 3.51. The summed E-state index contributed by atoms with van der Waals surface area (Å²) in [6.45, 7) is 10.2. The molecular formula is C17H20N2O2. The van der Waals surface area contributed by atoms with Gasteiger partial charge in [-0.1, -0.05) is 24.3 Å². The van der Waals surface area contributed by atoms with Gasteiger partial charge < -0.3 is 0 Å². The Morgan fingerprint density at radius 2 is 1.52 bits per heavy atom. The Bertz CT molecular complexity index is 521. The molecule has 1 aliphatic heterocycles. The first kappa shape index (κ1) is 15.2. The summed E-state index contributed by atoms with van der Waals surface area (Å²) in [5, 5.41) is 0. The van der Waals surface area contributed by atoms with Crippen molar-refractivity contribution in [2.45, 2.75) is 6.42 Å². The van der Waals surface area contributed by atoms with E-state index in [0.717, 1.165) is 26.1 Å². The minimum absolute atomic E-state index is 0.186. The fourth-order valence-electron chi connectivity index (χ4n) is 2.52. The lowest BCUT2D eigenvalue weighted by molar-refractivity contribution is 0.0648. The molecule has 0 spiro atoms. The van der Waals surface area contributed by atoms with Gasteiger partial charge in [0, 0.05) is 26.2 Å². The van der Waals surface area contributed by atoms with E-state index in [4.69, 9.17) is 0 Å². The molecule has 1 heterocycles. The molecule has 0 radical (unpaired) electrons. The molecule has 4 heteroatoms. The van der Waals surface area contributed by atoms with E-state index in [1.54, 1.807) is 24.3 Å². The maximum absolute atomic E-state index is 12.2. The number of hydrogen-bond donors (Lipinski definition) is 0. The van der Waals surface area contributed by atoms with E-state index in [9.17, 15) is 9.59 Å². The van der Waals surface area contributed by atoms with Crippen LogP contribution >= 0.6 is 0 Å². The topological polar surface area (TPSA) is 40.6 Å². The van der Waals surface area contributed by atoms with Crippen molar-refractivity contribution in [2.75, 3.05) is 26.2 Å². The third-order valence-electron chi connectivity index (χ3n) is 3.51. The molecule has 21 heavy (non-hydrogen) atoms. The number of amides is 2. The molecule has 0 saturated carbocycles. The molecule has 2 amide bonds. The van der Waals surface area contributed by atoms with Crippen LogP contribution in [0, 0.1) is 0 Å². The number of hydrogen-bond acceptors (Lipinski definition) is 3. The molecule has 0 atom stereocenters. The Balaban J connectivity index is 1.93. The first-order valence-electron chi connectivity index (χ1n) is 7.08. The molecule has 0 bridgehead atoms. The minimum Gasteiger partial charge on any atom is -0.296 e. The summed E-state index contributed by atoms with van der Waals surface area (Å²) < 4.78 is 0. The van der Waals surface area contributed by atoms with Gasteiger partial charge in [0.1, 0.15) is 0 Å². The lowest BCUT2D eigenvalue weighted by Crippen LogP contribution is -2.33. The van der Waals surface area contributed by atoms with Crippen molar-refractivity contribution >= 4 is 11.8 Å². The van der Waals surface area contributed by atoms with Gasteiger partial charge >= 0.3 is 0 Å². The van der Waals surface area contributed by atoms with Crippen LogP contribution in [0.1, 0.15) is 27.1 Å². The second-order valence-corrected chi connectivity index (χ2v) is 5.00. The van der Waals surface area contributed by atoms with Crippen LogP contribution in [0.25, 0.3) is 0 Å². The predicted octanol–water partition coefficient (Wildman–Crippen LogP) is 2.35. The highest BCUT2D eigenvalue weighted by molar-refractivity contribution is 6.21. The number of fused-ring (bicyclic) bond motifs is 1. The molecule has 0 unspecified atom stereocenters. The van der Waals surface area contributed by atoms with E-state index in [-0.39, 0.29) is 11.8 Å². The smallest absolute Gasteiger partial charge is 0.261 e. The van der Waals surface area contributed by atoms with Gasteiger partial charge in [0.15, 0.2) is 0 Å². The van der Waals surface area contributed by atoms with E-state index < -0.39 is 0 Å². The molecule has 4 nitrogen and oxygen atoms in total. The molecule has 0 saturated heterocycles. The molecule has 0 aromatic heterocycles. The largest absolute Gasteiger partial charge is 0.296 e. The summed E-state index contributed by atoms with van der Waals surface area (Å²) in [5.74, 6) is -0.371. The Labute approximate surface area is 125 Å². The van der Waals surface area contributed by atoms with Gasteiger partial charge in [0.05, 0.1) is 11.1 Å². The van der Waals surface area contributed by atoms with Crippen LogP contribution in [0.2, 0.25) is 0 Å². The number of rotatable bonds is 8. The molecule has 1 aromatic carbocycles. The second-order valence-electron chi connectivity index (χ2n) is 5.00. The van der Waals surface area contributed by atoms with Crippen LogP contribution in [0.3, 0.4) is 0 Å². The maximum atomic E-state index is 12.2. The van der Waals surface area contributed by atoms with E-state index >= 15 is 0 Å². The molecule has 110 valence electrons. The predicted molar refractivity (Wildman–Crippen MR) is 83.3 cm³/mol. The molecular weight excluding hydrogens is 264 g/mol. The summed E-state index contributed by atoms with van der Waals surface area (Å²) in [7, 11) is 0. The van der Waals surface area contributed by atoms with Crippen LogP contribution in [0.5, 0.6) is 0 Å². The molecule has 1 aromatic rings. The van der Waals surface area contributed by atoms with E-state index in [2.05, 4.69) is 18.1 Å². The van der Waals surface area contributed by atoms with Crippen LogP contribution < -0.4 is 0 Å². The second kappa shape index (κ2) is 6.99. The standard InChI is InChI=1S/C17H20N2O2/c1-3-10-18(11-4-2)12-7-13-19-16(20)14-8-5-6-9-15(14)17(19)21/h3-6,8-9H,1-2,7,10-13H2. The quantitative estimate of drug-likeness (QED) is 0.543. The van der Waals surface area contributed by atoms with Gasteiger partial charge in [0.2, 0.25) is 0 Å². The highest BCUT2D eigenvalue weighted by Gasteiger charge is 2.34. The lowest BCUT2D eigenvalue weighted by Gasteiger charge is -2.20. The highest BCUT2D eigenvalue weighted by Crippen LogP contribution is 2.22. The summed E-state index contributed by atoms with van der Waals surface area (Å²) >= 11 is 0.